The summed E-state index contributed by atoms with van der Waals surface area (Å²) in [5, 5.41) is 2.71. The van der Waals surface area contributed by atoms with Gasteiger partial charge in [0.2, 0.25) is 0 Å². The number of anilines is 2. The summed E-state index contributed by atoms with van der Waals surface area (Å²) in [5.41, 5.74) is 7.50. The Morgan fingerprint density at radius 2 is 1.90 bits per heavy atom. The Labute approximate surface area is 130 Å². The lowest BCUT2D eigenvalue weighted by Gasteiger charge is -2.09. The zero-order chi connectivity index (χ0) is 15.4. The van der Waals surface area contributed by atoms with Gasteiger partial charge in [-0.15, -0.1) is 0 Å². The molecule has 1 amide bonds. The fourth-order valence-corrected chi connectivity index (χ4v) is 2.21. The number of halogens is 1. The number of hydrogen-bond acceptors (Lipinski definition) is 4. The summed E-state index contributed by atoms with van der Waals surface area (Å²) >= 11 is 3.28. The lowest BCUT2D eigenvalue weighted by molar-refractivity contribution is 0.0600. The lowest BCUT2D eigenvalue weighted by Crippen LogP contribution is -2.13. The predicted octanol–water partition coefficient (Wildman–Crippen LogP) is 3.07. The summed E-state index contributed by atoms with van der Waals surface area (Å²) in [5.74, 6) is -0.785. The van der Waals surface area contributed by atoms with Crippen LogP contribution in [0.15, 0.2) is 46.9 Å². The molecule has 0 fully saturated rings. The highest BCUT2D eigenvalue weighted by Crippen LogP contribution is 2.24. The van der Waals surface area contributed by atoms with E-state index in [9.17, 15) is 9.59 Å². The first-order valence-electron chi connectivity index (χ1n) is 6.06. The molecule has 0 radical (unpaired) electrons. The van der Waals surface area contributed by atoms with Gasteiger partial charge in [-0.05, 0) is 46.3 Å². The molecule has 21 heavy (non-hydrogen) atoms. The number of amides is 1. The van der Waals surface area contributed by atoms with Crippen molar-refractivity contribution >= 4 is 39.2 Å². The number of methoxy groups -OCH3 is 1. The summed E-state index contributed by atoms with van der Waals surface area (Å²) in [6.45, 7) is 0. The number of nitrogen functional groups attached to an aromatic ring is 1. The van der Waals surface area contributed by atoms with Crippen molar-refractivity contribution in [3.05, 3.63) is 58.1 Å². The van der Waals surface area contributed by atoms with Crippen molar-refractivity contribution in [2.75, 3.05) is 18.2 Å². The lowest BCUT2D eigenvalue weighted by atomic mass is 10.1. The fraction of sp³-hybridized carbons (Fsp3) is 0.0667. The first-order chi connectivity index (χ1) is 10.0. The minimum Gasteiger partial charge on any atom is -0.465 e. The van der Waals surface area contributed by atoms with Gasteiger partial charge in [-0.1, -0.05) is 12.1 Å². The number of benzene rings is 2. The number of ether oxygens (including phenoxy) is 1. The Morgan fingerprint density at radius 3 is 2.62 bits per heavy atom. The molecular weight excluding hydrogens is 336 g/mol. The maximum atomic E-state index is 12.2. The quantitative estimate of drug-likeness (QED) is 0.659. The van der Waals surface area contributed by atoms with Crippen molar-refractivity contribution in [2.24, 2.45) is 0 Å². The molecule has 0 unspecified atom stereocenters. The van der Waals surface area contributed by atoms with Gasteiger partial charge in [-0.25, -0.2) is 4.79 Å². The number of carbonyl (C=O) groups excluding carboxylic acids is 2. The standard InChI is InChI=1S/C15H13BrN2O3/c1-21-15(20)9-4-2-5-10(8-9)18-14(19)11-6-3-7-12(17)13(11)16/h2-8H,17H2,1H3,(H,18,19). The van der Waals surface area contributed by atoms with E-state index in [4.69, 9.17) is 5.73 Å². The molecular formula is C15H13BrN2O3. The number of esters is 1. The van der Waals surface area contributed by atoms with Crippen LogP contribution in [0, 0.1) is 0 Å². The Bertz CT molecular complexity index is 701. The summed E-state index contributed by atoms with van der Waals surface area (Å²) in [6.07, 6.45) is 0. The average molecular weight is 349 g/mol. The van der Waals surface area contributed by atoms with E-state index in [-0.39, 0.29) is 5.91 Å². The minimum atomic E-state index is -0.462. The number of hydrogen-bond donors (Lipinski definition) is 2. The zero-order valence-corrected chi connectivity index (χ0v) is 12.8. The smallest absolute Gasteiger partial charge is 0.337 e. The van der Waals surface area contributed by atoms with Crippen LogP contribution in [-0.2, 0) is 4.74 Å². The summed E-state index contributed by atoms with van der Waals surface area (Å²) < 4.78 is 5.17. The van der Waals surface area contributed by atoms with Gasteiger partial charge in [0, 0.05) is 11.4 Å². The monoisotopic (exact) mass is 348 g/mol. The van der Waals surface area contributed by atoms with Gasteiger partial charge in [-0.2, -0.15) is 0 Å². The predicted molar refractivity (Wildman–Crippen MR) is 84.3 cm³/mol. The van der Waals surface area contributed by atoms with Crippen LogP contribution >= 0.6 is 15.9 Å². The molecule has 2 aromatic carbocycles. The zero-order valence-electron chi connectivity index (χ0n) is 11.2. The highest BCUT2D eigenvalue weighted by molar-refractivity contribution is 9.10. The molecule has 2 rings (SSSR count). The average Bonchev–Trinajstić information content (AvgIpc) is 2.49. The van der Waals surface area contributed by atoms with Crippen LogP contribution in [0.25, 0.3) is 0 Å². The maximum absolute atomic E-state index is 12.2. The molecule has 5 nitrogen and oxygen atoms in total. The van der Waals surface area contributed by atoms with E-state index < -0.39 is 5.97 Å². The first kappa shape index (κ1) is 15.1. The van der Waals surface area contributed by atoms with Crippen LogP contribution < -0.4 is 11.1 Å². The second-order valence-corrected chi connectivity index (χ2v) is 5.03. The molecule has 0 aliphatic rings. The summed E-state index contributed by atoms with van der Waals surface area (Å²) in [7, 11) is 1.30. The van der Waals surface area contributed by atoms with Gasteiger partial charge < -0.3 is 15.8 Å². The molecule has 0 aliphatic heterocycles. The van der Waals surface area contributed by atoms with Crippen LogP contribution in [-0.4, -0.2) is 19.0 Å². The Kier molecular flexibility index (Phi) is 4.59. The molecule has 0 saturated heterocycles. The molecule has 0 atom stereocenters. The Balaban J connectivity index is 2.24. The van der Waals surface area contributed by atoms with Gasteiger partial charge in [0.25, 0.3) is 5.91 Å². The van der Waals surface area contributed by atoms with Crippen LogP contribution in [0.5, 0.6) is 0 Å². The van der Waals surface area contributed by atoms with Crippen molar-refractivity contribution in [3.8, 4) is 0 Å². The van der Waals surface area contributed by atoms with E-state index >= 15 is 0 Å². The van der Waals surface area contributed by atoms with Crippen LogP contribution in [0.4, 0.5) is 11.4 Å². The van der Waals surface area contributed by atoms with Gasteiger partial charge in [-0.3, -0.25) is 4.79 Å². The second kappa shape index (κ2) is 6.41. The molecule has 3 N–H and O–H groups in total. The van der Waals surface area contributed by atoms with Crippen molar-refractivity contribution in [1.82, 2.24) is 0 Å². The Morgan fingerprint density at radius 1 is 1.19 bits per heavy atom. The SMILES string of the molecule is COC(=O)c1cccc(NC(=O)c2cccc(N)c2Br)c1. The van der Waals surface area contributed by atoms with Crippen molar-refractivity contribution in [1.29, 1.82) is 0 Å². The topological polar surface area (TPSA) is 81.4 Å². The van der Waals surface area contributed by atoms with E-state index in [2.05, 4.69) is 26.0 Å². The van der Waals surface area contributed by atoms with E-state index in [0.29, 0.717) is 27.0 Å². The molecule has 0 spiro atoms. The molecule has 0 bridgehead atoms. The second-order valence-electron chi connectivity index (χ2n) is 4.24. The number of nitrogens with two attached hydrogens (primary N) is 1. The highest BCUT2D eigenvalue weighted by Gasteiger charge is 2.13. The number of rotatable bonds is 3. The maximum Gasteiger partial charge on any atom is 0.337 e. The molecule has 0 saturated carbocycles. The van der Waals surface area contributed by atoms with Crippen molar-refractivity contribution < 1.29 is 14.3 Å². The van der Waals surface area contributed by atoms with Crippen LogP contribution in [0.2, 0.25) is 0 Å². The molecule has 0 heterocycles. The summed E-state index contributed by atoms with van der Waals surface area (Å²) in [6, 6.07) is 11.5. The number of nitrogens with one attached hydrogen (secondary N) is 1. The fourth-order valence-electron chi connectivity index (χ4n) is 1.77. The first-order valence-corrected chi connectivity index (χ1v) is 6.86. The van der Waals surface area contributed by atoms with E-state index in [1.54, 1.807) is 42.5 Å². The third kappa shape index (κ3) is 3.41. The molecule has 6 heteroatoms. The van der Waals surface area contributed by atoms with Crippen molar-refractivity contribution in [3.63, 3.8) is 0 Å². The van der Waals surface area contributed by atoms with Crippen LogP contribution in [0.3, 0.4) is 0 Å². The normalized spacial score (nSPS) is 10.0. The highest BCUT2D eigenvalue weighted by atomic mass is 79.9. The number of carbonyl (C=O) groups is 2. The molecule has 108 valence electrons. The van der Waals surface area contributed by atoms with Gasteiger partial charge in [0.15, 0.2) is 0 Å². The van der Waals surface area contributed by atoms with E-state index in [0.717, 1.165) is 0 Å². The van der Waals surface area contributed by atoms with E-state index in [1.807, 2.05) is 0 Å². The molecule has 0 aromatic heterocycles. The molecule has 2 aromatic rings. The van der Waals surface area contributed by atoms with Gasteiger partial charge in [0.05, 0.1) is 22.7 Å². The van der Waals surface area contributed by atoms with Gasteiger partial charge >= 0.3 is 5.97 Å². The largest absolute Gasteiger partial charge is 0.465 e. The summed E-state index contributed by atoms with van der Waals surface area (Å²) in [4.78, 5) is 23.7. The molecule has 0 aliphatic carbocycles. The third-order valence-corrected chi connectivity index (χ3v) is 3.70. The third-order valence-electron chi connectivity index (χ3n) is 2.81. The van der Waals surface area contributed by atoms with Crippen molar-refractivity contribution in [2.45, 2.75) is 0 Å². The van der Waals surface area contributed by atoms with Gasteiger partial charge in [0.1, 0.15) is 0 Å². The Hall–Kier alpha value is -2.34. The van der Waals surface area contributed by atoms with Crippen LogP contribution in [0.1, 0.15) is 20.7 Å². The van der Waals surface area contributed by atoms with E-state index in [1.165, 1.54) is 7.11 Å². The minimum absolute atomic E-state index is 0.323.